The molecule has 2 aromatic carbocycles. The van der Waals surface area contributed by atoms with Crippen LogP contribution < -0.4 is 10.1 Å². The van der Waals surface area contributed by atoms with Crippen molar-refractivity contribution in [2.75, 3.05) is 0 Å². The van der Waals surface area contributed by atoms with Crippen LogP contribution >= 0.6 is 34.8 Å². The minimum Gasteiger partial charge on any atom is -0.479 e. The number of nitrogens with one attached hydrogen (secondary N) is 1. The van der Waals surface area contributed by atoms with Crippen molar-refractivity contribution in [3.63, 3.8) is 0 Å². The smallest absolute Gasteiger partial charge is 0.261 e. The molecule has 1 amide bonds. The van der Waals surface area contributed by atoms with Crippen LogP contribution in [0.4, 0.5) is 0 Å². The molecule has 0 bridgehead atoms. The molecule has 0 aliphatic carbocycles. The molecule has 2 rings (SSSR count). The third-order valence-electron chi connectivity index (χ3n) is 2.96. The molecule has 3 nitrogen and oxygen atoms in total. The van der Waals surface area contributed by atoms with E-state index in [2.05, 4.69) is 5.32 Å². The van der Waals surface area contributed by atoms with Crippen LogP contribution in [-0.2, 0) is 11.3 Å². The van der Waals surface area contributed by atoms with Crippen molar-refractivity contribution in [1.82, 2.24) is 5.32 Å². The highest BCUT2D eigenvalue weighted by molar-refractivity contribution is 6.42. The first-order valence-corrected chi connectivity index (χ1v) is 7.73. The van der Waals surface area contributed by atoms with Crippen molar-refractivity contribution in [2.45, 2.75) is 19.6 Å². The molecule has 0 spiro atoms. The molecule has 0 saturated carbocycles. The van der Waals surface area contributed by atoms with E-state index < -0.39 is 6.10 Å². The van der Waals surface area contributed by atoms with Gasteiger partial charge in [-0.15, -0.1) is 0 Å². The summed E-state index contributed by atoms with van der Waals surface area (Å²) in [6.45, 7) is 2.00. The lowest BCUT2D eigenvalue weighted by atomic mass is 10.2. The van der Waals surface area contributed by atoms with Gasteiger partial charge in [-0.05, 0) is 36.8 Å². The van der Waals surface area contributed by atoms with Crippen LogP contribution in [-0.4, -0.2) is 12.0 Å². The summed E-state index contributed by atoms with van der Waals surface area (Å²) < 4.78 is 5.55. The number of benzene rings is 2. The second kappa shape index (κ2) is 7.73. The number of amides is 1. The fraction of sp³-hybridized carbons (Fsp3) is 0.188. The van der Waals surface area contributed by atoms with E-state index in [1.807, 2.05) is 0 Å². The average Bonchev–Trinajstić information content (AvgIpc) is 2.50. The minimum absolute atomic E-state index is 0.244. The lowest BCUT2D eigenvalue weighted by Crippen LogP contribution is -2.35. The van der Waals surface area contributed by atoms with E-state index in [4.69, 9.17) is 39.5 Å². The minimum atomic E-state index is -0.664. The third kappa shape index (κ3) is 4.54. The van der Waals surface area contributed by atoms with Crippen molar-refractivity contribution in [1.29, 1.82) is 0 Å². The molecule has 0 fully saturated rings. The highest BCUT2D eigenvalue weighted by Gasteiger charge is 2.15. The maximum absolute atomic E-state index is 12.0. The molecule has 1 unspecified atom stereocenters. The van der Waals surface area contributed by atoms with Gasteiger partial charge in [0.2, 0.25) is 0 Å². The van der Waals surface area contributed by atoms with Gasteiger partial charge in [0.1, 0.15) is 5.75 Å². The van der Waals surface area contributed by atoms with E-state index in [-0.39, 0.29) is 5.91 Å². The average molecular weight is 359 g/mol. The first kappa shape index (κ1) is 16.9. The van der Waals surface area contributed by atoms with Crippen molar-refractivity contribution in [3.8, 4) is 5.75 Å². The van der Waals surface area contributed by atoms with Gasteiger partial charge in [0.25, 0.3) is 5.91 Å². The van der Waals surface area contributed by atoms with Crippen molar-refractivity contribution in [2.24, 2.45) is 0 Å². The fourth-order valence-electron chi connectivity index (χ4n) is 1.77. The number of carbonyl (C=O) groups excluding carboxylic acids is 1. The summed E-state index contributed by atoms with van der Waals surface area (Å²) in [4.78, 5) is 12.0. The summed E-state index contributed by atoms with van der Waals surface area (Å²) in [5, 5.41) is 4.17. The van der Waals surface area contributed by atoms with Gasteiger partial charge in [-0.25, -0.2) is 0 Å². The molecule has 0 aliphatic rings. The number of para-hydroxylation sites is 1. The predicted octanol–water partition coefficient (Wildman–Crippen LogP) is 4.73. The molecule has 22 heavy (non-hydrogen) atoms. The van der Waals surface area contributed by atoms with E-state index in [9.17, 15) is 4.79 Å². The second-order valence-electron chi connectivity index (χ2n) is 4.66. The van der Waals surface area contributed by atoms with Crippen LogP contribution in [0.3, 0.4) is 0 Å². The predicted molar refractivity (Wildman–Crippen MR) is 89.9 cm³/mol. The van der Waals surface area contributed by atoms with Gasteiger partial charge >= 0.3 is 0 Å². The molecule has 0 radical (unpaired) electrons. The molecule has 2 aromatic rings. The number of carbonyl (C=O) groups is 1. The van der Waals surface area contributed by atoms with Gasteiger partial charge in [-0.2, -0.15) is 0 Å². The number of hydrogen-bond acceptors (Lipinski definition) is 2. The maximum Gasteiger partial charge on any atom is 0.261 e. The van der Waals surface area contributed by atoms with Crippen LogP contribution in [0, 0.1) is 0 Å². The summed E-state index contributed by atoms with van der Waals surface area (Å²) in [5.41, 5.74) is 0.854. The van der Waals surface area contributed by atoms with Gasteiger partial charge in [-0.3, -0.25) is 4.79 Å². The number of halogens is 3. The Morgan fingerprint density at radius 1 is 1.09 bits per heavy atom. The van der Waals surface area contributed by atoms with Crippen molar-refractivity contribution < 1.29 is 9.53 Å². The number of hydrogen-bond donors (Lipinski definition) is 1. The third-order valence-corrected chi connectivity index (χ3v) is 4.01. The molecule has 0 aliphatic heterocycles. The Morgan fingerprint density at radius 3 is 2.50 bits per heavy atom. The summed E-state index contributed by atoms with van der Waals surface area (Å²) in [7, 11) is 0. The molecule has 1 atom stereocenters. The van der Waals surface area contributed by atoms with Crippen molar-refractivity contribution >= 4 is 40.7 Å². The van der Waals surface area contributed by atoms with Crippen LogP contribution in [0.5, 0.6) is 5.75 Å². The van der Waals surface area contributed by atoms with Crippen LogP contribution in [0.1, 0.15) is 12.5 Å². The normalized spacial score (nSPS) is 11.8. The topological polar surface area (TPSA) is 38.3 Å². The van der Waals surface area contributed by atoms with E-state index in [1.165, 1.54) is 0 Å². The zero-order valence-electron chi connectivity index (χ0n) is 11.8. The molecular formula is C16H14Cl3NO2. The first-order chi connectivity index (χ1) is 10.5. The van der Waals surface area contributed by atoms with Gasteiger partial charge in [0, 0.05) is 6.54 Å². The quantitative estimate of drug-likeness (QED) is 0.839. The molecule has 0 saturated heterocycles. The largest absolute Gasteiger partial charge is 0.479 e. The Bertz CT molecular complexity index is 676. The molecule has 6 heteroatoms. The van der Waals surface area contributed by atoms with Crippen molar-refractivity contribution in [3.05, 3.63) is 63.1 Å². The van der Waals surface area contributed by atoms with Gasteiger partial charge < -0.3 is 10.1 Å². The zero-order chi connectivity index (χ0) is 16.1. The van der Waals surface area contributed by atoms with E-state index >= 15 is 0 Å². The Labute approximate surface area is 144 Å². The summed E-state index contributed by atoms with van der Waals surface area (Å²) in [5.74, 6) is 0.229. The molecule has 0 aromatic heterocycles. The SMILES string of the molecule is CC(Oc1ccccc1Cl)C(=O)NCc1ccc(Cl)c(Cl)c1. The maximum atomic E-state index is 12.0. The molecule has 116 valence electrons. The van der Waals surface area contributed by atoms with Gasteiger partial charge in [0.05, 0.1) is 15.1 Å². The standard InChI is InChI=1S/C16H14Cl3NO2/c1-10(22-15-5-3-2-4-13(15)18)16(21)20-9-11-6-7-12(17)14(19)8-11/h2-8,10H,9H2,1H3,(H,20,21). The van der Waals surface area contributed by atoms with E-state index in [1.54, 1.807) is 49.4 Å². The highest BCUT2D eigenvalue weighted by Crippen LogP contribution is 2.24. The Morgan fingerprint density at radius 2 is 1.82 bits per heavy atom. The summed E-state index contributed by atoms with van der Waals surface area (Å²) in [6, 6.07) is 12.2. The monoisotopic (exact) mass is 357 g/mol. The number of rotatable bonds is 5. The highest BCUT2D eigenvalue weighted by atomic mass is 35.5. The van der Waals surface area contributed by atoms with E-state index in [0.29, 0.717) is 27.4 Å². The lowest BCUT2D eigenvalue weighted by molar-refractivity contribution is -0.127. The summed E-state index contributed by atoms with van der Waals surface area (Å²) in [6.07, 6.45) is -0.664. The zero-order valence-corrected chi connectivity index (χ0v) is 14.0. The molecular weight excluding hydrogens is 345 g/mol. The van der Waals surface area contributed by atoms with Crippen LogP contribution in [0.25, 0.3) is 0 Å². The lowest BCUT2D eigenvalue weighted by Gasteiger charge is -2.15. The Kier molecular flexibility index (Phi) is 5.95. The van der Waals surface area contributed by atoms with Gasteiger partial charge in [-0.1, -0.05) is 53.0 Å². The Balaban J connectivity index is 1.91. The summed E-state index contributed by atoms with van der Waals surface area (Å²) >= 11 is 17.8. The molecule has 1 N–H and O–H groups in total. The number of ether oxygens (including phenoxy) is 1. The second-order valence-corrected chi connectivity index (χ2v) is 5.88. The van der Waals surface area contributed by atoms with E-state index in [0.717, 1.165) is 5.56 Å². The van der Waals surface area contributed by atoms with Gasteiger partial charge in [0.15, 0.2) is 6.10 Å². The first-order valence-electron chi connectivity index (χ1n) is 6.60. The Hall–Kier alpha value is -1.42. The molecule has 0 heterocycles. The van der Waals surface area contributed by atoms with Crippen LogP contribution in [0.2, 0.25) is 15.1 Å². The van der Waals surface area contributed by atoms with Crippen LogP contribution in [0.15, 0.2) is 42.5 Å². The fourth-order valence-corrected chi connectivity index (χ4v) is 2.27.